The van der Waals surface area contributed by atoms with Gasteiger partial charge in [0.25, 0.3) is 0 Å². The predicted octanol–water partition coefficient (Wildman–Crippen LogP) is 1.07. The molecule has 2 heteroatoms. The Morgan fingerprint density at radius 1 is 1.44 bits per heavy atom. The normalized spacial score (nSPS) is 9.11. The van der Waals surface area contributed by atoms with Crippen LogP contribution in [-0.4, -0.2) is 7.11 Å². The number of hydrogen-bond donors (Lipinski definition) is 0. The van der Waals surface area contributed by atoms with Gasteiger partial charge in [-0.2, -0.15) is 0 Å². The number of benzene rings is 1. The van der Waals surface area contributed by atoms with E-state index in [0.29, 0.717) is 0 Å². The minimum absolute atomic E-state index is 0.877. The SMILES string of the molecule is COc1cccc([SH2+])c1. The lowest BCUT2D eigenvalue weighted by Gasteiger charge is -1.94. The highest BCUT2D eigenvalue weighted by molar-refractivity contribution is 7.58. The first-order valence-corrected chi connectivity index (χ1v) is 3.18. The van der Waals surface area contributed by atoms with Crippen LogP contribution in [0.15, 0.2) is 29.2 Å². The van der Waals surface area contributed by atoms with Crippen molar-refractivity contribution < 1.29 is 4.74 Å². The van der Waals surface area contributed by atoms with Crippen LogP contribution in [0.5, 0.6) is 5.75 Å². The Morgan fingerprint density at radius 3 is 2.67 bits per heavy atom. The summed E-state index contributed by atoms with van der Waals surface area (Å²) in [5, 5.41) is 0. The van der Waals surface area contributed by atoms with Crippen LogP contribution < -0.4 is 4.74 Å². The molecule has 48 valence electrons. The van der Waals surface area contributed by atoms with E-state index in [1.807, 2.05) is 24.3 Å². The van der Waals surface area contributed by atoms with E-state index in [0.717, 1.165) is 10.6 Å². The molecule has 0 unspecified atom stereocenters. The van der Waals surface area contributed by atoms with Crippen molar-refractivity contribution in [1.29, 1.82) is 0 Å². The molecule has 1 rings (SSSR count). The van der Waals surface area contributed by atoms with Crippen molar-refractivity contribution in [3.63, 3.8) is 0 Å². The molecule has 0 aliphatic rings. The monoisotopic (exact) mass is 141 g/mol. The van der Waals surface area contributed by atoms with Crippen molar-refractivity contribution in [3.05, 3.63) is 24.3 Å². The van der Waals surface area contributed by atoms with Gasteiger partial charge in [-0.15, -0.1) is 0 Å². The van der Waals surface area contributed by atoms with Crippen molar-refractivity contribution in [2.24, 2.45) is 0 Å². The van der Waals surface area contributed by atoms with Gasteiger partial charge in [-0.1, -0.05) is 6.07 Å². The standard InChI is InChI=1S/C7H8OS/c1-8-6-3-2-4-7(9)5-6/h2-5,9H,1H3/p+1. The summed E-state index contributed by atoms with van der Waals surface area (Å²) in [4.78, 5) is 1.04. The fourth-order valence-corrected chi connectivity index (χ4v) is 0.862. The molecule has 0 radical (unpaired) electrons. The summed E-state index contributed by atoms with van der Waals surface area (Å²) < 4.78 is 4.96. The van der Waals surface area contributed by atoms with Gasteiger partial charge in [-0.25, -0.2) is 0 Å². The summed E-state index contributed by atoms with van der Waals surface area (Å²) in [7, 11) is 1.65. The second-order valence-electron chi connectivity index (χ2n) is 1.73. The molecule has 0 atom stereocenters. The highest BCUT2D eigenvalue weighted by Gasteiger charge is 1.92. The highest BCUT2D eigenvalue weighted by atomic mass is 32.1. The van der Waals surface area contributed by atoms with Gasteiger partial charge in [0.2, 0.25) is 0 Å². The Balaban J connectivity index is 2.94. The van der Waals surface area contributed by atoms with Crippen LogP contribution in [0.1, 0.15) is 0 Å². The minimum atomic E-state index is 0.877. The Morgan fingerprint density at radius 2 is 2.22 bits per heavy atom. The van der Waals surface area contributed by atoms with E-state index < -0.39 is 0 Å². The van der Waals surface area contributed by atoms with Crippen LogP contribution >= 0.6 is 0 Å². The second kappa shape index (κ2) is 2.78. The smallest absolute Gasteiger partial charge is 0.154 e. The molecule has 0 N–H and O–H groups in total. The summed E-state index contributed by atoms with van der Waals surface area (Å²) in [6, 6.07) is 7.71. The Bertz CT molecular complexity index is 198. The van der Waals surface area contributed by atoms with E-state index in [2.05, 4.69) is 12.6 Å². The first kappa shape index (κ1) is 6.49. The van der Waals surface area contributed by atoms with Crippen molar-refractivity contribution >= 4 is 12.6 Å². The Labute approximate surface area is 60.1 Å². The quantitative estimate of drug-likeness (QED) is 0.531. The van der Waals surface area contributed by atoms with Crippen molar-refractivity contribution in [2.45, 2.75) is 4.90 Å². The topological polar surface area (TPSA) is 9.23 Å². The summed E-state index contributed by atoms with van der Waals surface area (Å²) in [5.74, 6) is 0.877. The molecular formula is C7H9OS+. The van der Waals surface area contributed by atoms with E-state index in [9.17, 15) is 0 Å². The van der Waals surface area contributed by atoms with Gasteiger partial charge < -0.3 is 4.74 Å². The average Bonchev–Trinajstić information content (AvgIpc) is 1.88. The third-order valence-electron chi connectivity index (χ3n) is 1.07. The van der Waals surface area contributed by atoms with Gasteiger partial charge in [0, 0.05) is 6.07 Å². The zero-order valence-corrected chi connectivity index (χ0v) is 6.22. The van der Waals surface area contributed by atoms with Crippen LogP contribution in [0.3, 0.4) is 0 Å². The molecule has 0 aliphatic heterocycles. The molecular weight excluding hydrogens is 132 g/mol. The fraction of sp³-hybridized carbons (Fsp3) is 0.143. The lowest BCUT2D eigenvalue weighted by molar-refractivity contribution is 0.413. The van der Waals surface area contributed by atoms with Crippen LogP contribution in [0.4, 0.5) is 0 Å². The van der Waals surface area contributed by atoms with Gasteiger partial charge in [0.1, 0.15) is 5.75 Å². The Hall–Kier alpha value is -0.630. The predicted molar refractivity (Wildman–Crippen MR) is 41.4 cm³/mol. The molecule has 0 aliphatic carbocycles. The molecule has 0 amide bonds. The molecule has 0 heterocycles. The van der Waals surface area contributed by atoms with E-state index in [1.54, 1.807) is 7.11 Å². The molecule has 1 aromatic rings. The van der Waals surface area contributed by atoms with Crippen molar-refractivity contribution in [3.8, 4) is 5.75 Å². The number of methoxy groups -OCH3 is 1. The lowest BCUT2D eigenvalue weighted by atomic mass is 10.3. The molecule has 0 saturated heterocycles. The largest absolute Gasteiger partial charge is 0.497 e. The summed E-state index contributed by atoms with van der Waals surface area (Å²) >= 11 is 3.37. The maximum Gasteiger partial charge on any atom is 0.154 e. The molecule has 0 saturated carbocycles. The number of hydrogen-bond acceptors (Lipinski definition) is 1. The average molecular weight is 141 g/mol. The number of rotatable bonds is 1. The summed E-state index contributed by atoms with van der Waals surface area (Å²) in [6.07, 6.45) is 0. The number of ether oxygens (including phenoxy) is 1. The molecule has 1 nitrogen and oxygen atoms in total. The molecule has 0 spiro atoms. The van der Waals surface area contributed by atoms with E-state index in [1.165, 1.54) is 0 Å². The zero-order chi connectivity index (χ0) is 6.69. The van der Waals surface area contributed by atoms with Crippen LogP contribution in [0.2, 0.25) is 0 Å². The van der Waals surface area contributed by atoms with Gasteiger partial charge in [-0.3, -0.25) is 0 Å². The van der Waals surface area contributed by atoms with Crippen LogP contribution in [-0.2, 0) is 12.6 Å². The van der Waals surface area contributed by atoms with Crippen molar-refractivity contribution in [2.75, 3.05) is 7.11 Å². The third kappa shape index (κ3) is 1.64. The van der Waals surface area contributed by atoms with Crippen molar-refractivity contribution in [1.82, 2.24) is 0 Å². The molecule has 1 aromatic carbocycles. The van der Waals surface area contributed by atoms with E-state index >= 15 is 0 Å². The van der Waals surface area contributed by atoms with Gasteiger partial charge in [0.15, 0.2) is 4.90 Å². The van der Waals surface area contributed by atoms with Crippen LogP contribution in [0.25, 0.3) is 0 Å². The van der Waals surface area contributed by atoms with Gasteiger partial charge in [-0.05, 0) is 24.8 Å². The molecule has 9 heavy (non-hydrogen) atoms. The molecule has 0 aromatic heterocycles. The van der Waals surface area contributed by atoms with E-state index in [-0.39, 0.29) is 0 Å². The maximum atomic E-state index is 4.96. The summed E-state index contributed by atoms with van der Waals surface area (Å²) in [6.45, 7) is 0. The highest BCUT2D eigenvalue weighted by Crippen LogP contribution is 2.10. The lowest BCUT2D eigenvalue weighted by Crippen LogP contribution is -1.81. The molecule has 0 fully saturated rings. The Kier molecular flexibility index (Phi) is 2.01. The second-order valence-corrected chi connectivity index (χ2v) is 2.31. The van der Waals surface area contributed by atoms with E-state index in [4.69, 9.17) is 4.74 Å². The first-order chi connectivity index (χ1) is 4.33. The maximum absolute atomic E-state index is 4.96. The first-order valence-electron chi connectivity index (χ1n) is 2.68. The fourth-order valence-electron chi connectivity index (χ4n) is 0.623. The molecule has 0 bridgehead atoms. The third-order valence-corrected chi connectivity index (χ3v) is 1.38. The van der Waals surface area contributed by atoms with Gasteiger partial charge >= 0.3 is 0 Å². The van der Waals surface area contributed by atoms with Gasteiger partial charge in [0.05, 0.1) is 7.11 Å². The minimum Gasteiger partial charge on any atom is -0.497 e. The summed E-state index contributed by atoms with van der Waals surface area (Å²) in [5.41, 5.74) is 0. The zero-order valence-electron chi connectivity index (χ0n) is 5.22. The van der Waals surface area contributed by atoms with Crippen LogP contribution in [0, 0.1) is 0 Å².